The zero-order chi connectivity index (χ0) is 61.7. The summed E-state index contributed by atoms with van der Waals surface area (Å²) in [5.41, 5.74) is 21.3. The van der Waals surface area contributed by atoms with Crippen molar-refractivity contribution in [1.82, 2.24) is 0 Å². The van der Waals surface area contributed by atoms with E-state index in [0.717, 1.165) is 83.4 Å². The lowest BCUT2D eigenvalue weighted by atomic mass is 9.83. The van der Waals surface area contributed by atoms with E-state index in [1.165, 1.54) is 66.1 Å². The zero-order valence-corrected chi connectivity index (χ0v) is 53.8. The summed E-state index contributed by atoms with van der Waals surface area (Å²) in [5.74, 6) is 1.25. The molecule has 0 amide bonds. The monoisotopic (exact) mass is 1150 g/mol. The Kier molecular flexibility index (Phi) is 14.6. The summed E-state index contributed by atoms with van der Waals surface area (Å²) in [6.45, 7) is 32.1. The maximum atomic E-state index is 13.2. The molecule has 0 aliphatic carbocycles. The molecule has 0 saturated carbocycles. The molecule has 0 radical (unpaired) electrons. The van der Waals surface area contributed by atoms with Gasteiger partial charge in [0.05, 0.1) is 22.7 Å². The third-order valence-corrected chi connectivity index (χ3v) is 18.5. The number of para-hydroxylation sites is 3. The molecule has 0 saturated heterocycles. The van der Waals surface area contributed by atoms with Crippen molar-refractivity contribution in [2.75, 3.05) is 9.80 Å². The Morgan fingerprint density at radius 3 is 1.27 bits per heavy atom. The quantitative estimate of drug-likeness (QED) is 0.117. The Labute approximate surface area is 521 Å². The predicted octanol–water partition coefficient (Wildman–Crippen LogP) is 25.2. The van der Waals surface area contributed by atoms with Gasteiger partial charge in [-0.25, -0.2) is 0 Å². The number of fused-ring (bicyclic) bond motifs is 3. The number of phenols is 1. The second-order valence-electron chi connectivity index (χ2n) is 27.8. The number of benzene rings is 12. The lowest BCUT2D eigenvalue weighted by molar-refractivity contribution is 0.478. The summed E-state index contributed by atoms with van der Waals surface area (Å²) >= 11 is 0. The molecule has 4 heteroatoms. The Bertz CT molecular complexity index is 4800. The molecule has 13 aromatic rings. The molecule has 88 heavy (non-hydrogen) atoms. The highest BCUT2D eigenvalue weighted by Crippen LogP contribution is 2.55. The van der Waals surface area contributed by atoms with Gasteiger partial charge in [0.15, 0.2) is 5.58 Å². The van der Waals surface area contributed by atoms with E-state index in [2.05, 4.69) is 319 Å². The summed E-state index contributed by atoms with van der Waals surface area (Å²) < 4.78 is 7.44. The molecule has 0 unspecified atom stereocenters. The van der Waals surface area contributed by atoms with Crippen molar-refractivity contribution >= 4 is 88.4 Å². The van der Waals surface area contributed by atoms with Crippen LogP contribution in [0.2, 0.25) is 0 Å². The maximum Gasteiger partial charge on any atom is 0.159 e. The topological polar surface area (TPSA) is 39.9 Å². The average molecular weight is 1150 g/mol. The van der Waals surface area contributed by atoms with Gasteiger partial charge in [-0.1, -0.05) is 255 Å². The van der Waals surface area contributed by atoms with Gasteiger partial charge in [-0.2, -0.15) is 0 Å². The number of anilines is 6. The highest BCUT2D eigenvalue weighted by atomic mass is 16.3. The van der Waals surface area contributed by atoms with Crippen molar-refractivity contribution in [2.45, 2.75) is 131 Å². The number of hydrogen-bond acceptors (Lipinski definition) is 4. The molecule has 0 spiro atoms. The van der Waals surface area contributed by atoms with E-state index >= 15 is 0 Å². The maximum absolute atomic E-state index is 13.2. The standard InChI is InChI=1S/C84H82N2O2/c1-50(2)60-31-15-17-33-62(60)54-25-19-26-55(45-54)63-35-23-39-74(80(63)87)85(58-29-20-27-56(46-58)83(9,10)11)76-48-72(52(5)6)65-42-44-71-77(49-73(53(7)8)66-41-43-70(76)78(65)79(66)71)86(59-30-21-28-57(47-59)84(12,13)14)75-40-24-38-69-68-37-22-36-67(81(68)88-82(69)75)64-34-18-16-32-61(64)51(3)4/h15-53,87H,1-14H3. The largest absolute Gasteiger partial charge is 0.505 e. The van der Waals surface area contributed by atoms with Crippen LogP contribution in [0.15, 0.2) is 217 Å². The minimum absolute atomic E-state index is 0.114. The lowest BCUT2D eigenvalue weighted by Crippen LogP contribution is -2.16. The minimum atomic E-state index is -0.139. The molecule has 0 aliphatic heterocycles. The van der Waals surface area contributed by atoms with E-state index in [9.17, 15) is 5.11 Å². The number of aromatic hydroxyl groups is 1. The third kappa shape index (κ3) is 9.95. The molecule has 1 N–H and O–H groups in total. The highest BCUT2D eigenvalue weighted by Gasteiger charge is 2.30. The molecule has 440 valence electrons. The Morgan fingerprint density at radius 2 is 0.727 bits per heavy atom. The van der Waals surface area contributed by atoms with Gasteiger partial charge in [-0.3, -0.25) is 0 Å². The summed E-state index contributed by atoms with van der Waals surface area (Å²) in [6.07, 6.45) is 0. The molecular weight excluding hydrogens is 1070 g/mol. The van der Waals surface area contributed by atoms with Crippen LogP contribution in [-0.4, -0.2) is 5.11 Å². The number of rotatable bonds is 13. The van der Waals surface area contributed by atoms with Crippen LogP contribution in [0.3, 0.4) is 0 Å². The fourth-order valence-corrected chi connectivity index (χ4v) is 13.9. The van der Waals surface area contributed by atoms with Crippen molar-refractivity contribution in [3.8, 4) is 39.1 Å². The van der Waals surface area contributed by atoms with Crippen molar-refractivity contribution in [1.29, 1.82) is 0 Å². The van der Waals surface area contributed by atoms with Gasteiger partial charge < -0.3 is 19.3 Å². The molecule has 13 rings (SSSR count). The molecule has 0 bridgehead atoms. The predicted molar refractivity (Wildman–Crippen MR) is 379 cm³/mol. The first-order valence-electron chi connectivity index (χ1n) is 31.8. The Hall–Kier alpha value is -9.12. The molecule has 1 aromatic heterocycles. The van der Waals surface area contributed by atoms with E-state index < -0.39 is 0 Å². The van der Waals surface area contributed by atoms with Crippen LogP contribution in [0.4, 0.5) is 34.1 Å². The normalized spacial score (nSPS) is 12.4. The van der Waals surface area contributed by atoms with Gasteiger partial charge in [-0.05, 0) is 166 Å². The second-order valence-corrected chi connectivity index (χ2v) is 27.8. The van der Waals surface area contributed by atoms with Crippen molar-refractivity contribution in [2.24, 2.45) is 0 Å². The van der Waals surface area contributed by atoms with Crippen LogP contribution in [0, 0.1) is 0 Å². The van der Waals surface area contributed by atoms with Gasteiger partial charge in [0.1, 0.15) is 11.3 Å². The fraction of sp³-hybridized carbons (Fsp3) is 0.238. The molecular formula is C84H82N2O2. The van der Waals surface area contributed by atoms with Crippen molar-refractivity contribution < 1.29 is 9.52 Å². The summed E-state index contributed by atoms with van der Waals surface area (Å²) in [6, 6.07) is 78.2. The SMILES string of the molecule is CC(C)c1ccccc1-c1cccc(-c2cccc(N(c3cccc(C(C)(C)C)c3)c3cc(C(C)C)c4ccc5c(N(c6cccc(C(C)(C)C)c6)c6cccc7c6oc6c(-c8ccccc8C(C)C)cccc67)cc(C(C)C)c6ccc3c4c65)c2O)c1. The number of hydrogen-bond donors (Lipinski definition) is 1. The van der Waals surface area contributed by atoms with Gasteiger partial charge in [0.2, 0.25) is 0 Å². The first-order valence-corrected chi connectivity index (χ1v) is 31.8. The van der Waals surface area contributed by atoms with E-state index in [4.69, 9.17) is 4.42 Å². The number of phenolic OH excluding ortho intramolecular Hbond substituents is 1. The molecule has 12 aromatic carbocycles. The lowest BCUT2D eigenvalue weighted by Gasteiger charge is -2.33. The molecule has 0 atom stereocenters. The highest BCUT2D eigenvalue weighted by molar-refractivity contribution is 6.30. The average Bonchev–Trinajstić information content (AvgIpc) is 0.939. The summed E-state index contributed by atoms with van der Waals surface area (Å²) in [4.78, 5) is 4.84. The van der Waals surface area contributed by atoms with Crippen LogP contribution in [0.1, 0.15) is 154 Å². The van der Waals surface area contributed by atoms with E-state index in [1.54, 1.807) is 0 Å². The van der Waals surface area contributed by atoms with Crippen LogP contribution >= 0.6 is 0 Å². The van der Waals surface area contributed by atoms with Crippen molar-refractivity contribution in [3.63, 3.8) is 0 Å². The van der Waals surface area contributed by atoms with Crippen LogP contribution in [0.25, 0.3) is 87.6 Å². The number of nitrogens with zero attached hydrogens (tertiary/aromatic N) is 2. The molecule has 4 nitrogen and oxygen atoms in total. The van der Waals surface area contributed by atoms with Crippen LogP contribution in [0.5, 0.6) is 5.75 Å². The van der Waals surface area contributed by atoms with Gasteiger partial charge >= 0.3 is 0 Å². The second kappa shape index (κ2) is 22.2. The smallest absolute Gasteiger partial charge is 0.159 e. The van der Waals surface area contributed by atoms with E-state index in [0.29, 0.717) is 17.5 Å². The van der Waals surface area contributed by atoms with Gasteiger partial charge in [0.25, 0.3) is 0 Å². The molecule has 1 heterocycles. The molecule has 0 fully saturated rings. The van der Waals surface area contributed by atoms with E-state index in [-0.39, 0.29) is 28.4 Å². The minimum Gasteiger partial charge on any atom is -0.505 e. The summed E-state index contributed by atoms with van der Waals surface area (Å²) in [7, 11) is 0. The first kappa shape index (κ1) is 57.9. The van der Waals surface area contributed by atoms with E-state index in [1.807, 2.05) is 0 Å². The third-order valence-electron chi connectivity index (χ3n) is 18.5. The number of furan rings is 1. The molecule has 0 aliphatic rings. The first-order chi connectivity index (χ1) is 42.2. The zero-order valence-electron chi connectivity index (χ0n) is 53.8. The van der Waals surface area contributed by atoms with Gasteiger partial charge in [-0.15, -0.1) is 0 Å². The van der Waals surface area contributed by atoms with Crippen molar-refractivity contribution in [3.05, 3.63) is 246 Å². The summed E-state index contributed by atoms with van der Waals surface area (Å²) in [5, 5.41) is 22.6. The Balaban J connectivity index is 1.10. The van der Waals surface area contributed by atoms with Crippen LogP contribution < -0.4 is 9.80 Å². The Morgan fingerprint density at radius 1 is 0.318 bits per heavy atom. The van der Waals surface area contributed by atoms with Gasteiger partial charge in [0, 0.05) is 44.0 Å². The fourth-order valence-electron chi connectivity index (χ4n) is 13.9. The van der Waals surface area contributed by atoms with Crippen LogP contribution in [-0.2, 0) is 10.8 Å².